The molecule has 0 unspecified atom stereocenters. The van der Waals surface area contributed by atoms with E-state index in [1.165, 1.54) is 16.7 Å². The molecule has 112 valence electrons. The topological polar surface area (TPSA) is 52.2 Å². The second-order valence-electron chi connectivity index (χ2n) is 5.39. The Hall–Kier alpha value is -3.14. The van der Waals surface area contributed by atoms with Gasteiger partial charge in [0.05, 0.1) is 17.3 Å². The van der Waals surface area contributed by atoms with Crippen molar-refractivity contribution in [1.29, 1.82) is 0 Å². The molecule has 2 aromatic heterocycles. The lowest BCUT2D eigenvalue weighted by Crippen LogP contribution is -2.21. The maximum Gasteiger partial charge on any atom is 0.253 e. The minimum atomic E-state index is -0.195. The van der Waals surface area contributed by atoms with Crippen molar-refractivity contribution in [2.45, 2.75) is 6.54 Å². The van der Waals surface area contributed by atoms with Crippen LogP contribution in [0.5, 0.6) is 0 Å². The normalized spacial score (nSPS) is 11.1. The summed E-state index contributed by atoms with van der Waals surface area (Å²) in [6.45, 7) is 0.359. The zero-order valence-electron chi connectivity index (χ0n) is 12.2. The van der Waals surface area contributed by atoms with Crippen molar-refractivity contribution in [3.8, 4) is 0 Å². The van der Waals surface area contributed by atoms with Gasteiger partial charge in [-0.05, 0) is 23.8 Å². The molecule has 4 nitrogen and oxygen atoms in total. The van der Waals surface area contributed by atoms with Gasteiger partial charge in [0.2, 0.25) is 11.1 Å². The van der Waals surface area contributed by atoms with Crippen molar-refractivity contribution in [3.63, 3.8) is 0 Å². The van der Waals surface area contributed by atoms with Crippen LogP contribution in [-0.2, 0) is 6.54 Å². The lowest BCUT2D eigenvalue weighted by Gasteiger charge is -2.09. The first-order valence-electron chi connectivity index (χ1n) is 7.33. The molecule has 0 aliphatic heterocycles. The smallest absolute Gasteiger partial charge is 0.253 e. The minimum absolute atomic E-state index is 0.122. The van der Waals surface area contributed by atoms with Crippen molar-refractivity contribution in [2.75, 3.05) is 0 Å². The van der Waals surface area contributed by atoms with Crippen LogP contribution in [0, 0.1) is 0 Å². The van der Waals surface area contributed by atoms with Crippen LogP contribution >= 0.6 is 0 Å². The first kappa shape index (κ1) is 13.5. The number of rotatable bonds is 2. The number of aromatic nitrogens is 1. The highest BCUT2D eigenvalue weighted by Crippen LogP contribution is 2.17. The standard InChI is InChI=1S/C19H13NO3/c21-17-11-10-15-18(22)14-8-4-5-9-16(14)23-19(15)20(17)12-13-6-2-1-3-7-13/h1-11H,12H2. The first-order valence-corrected chi connectivity index (χ1v) is 7.33. The predicted octanol–water partition coefficient (Wildman–Crippen LogP) is 3.16. The molecule has 0 fully saturated rings. The largest absolute Gasteiger partial charge is 0.439 e. The number of fused-ring (bicyclic) bond motifs is 2. The Morgan fingerprint density at radius 1 is 0.783 bits per heavy atom. The van der Waals surface area contributed by atoms with Crippen molar-refractivity contribution >= 4 is 22.1 Å². The van der Waals surface area contributed by atoms with E-state index in [2.05, 4.69) is 0 Å². The van der Waals surface area contributed by atoms with E-state index in [9.17, 15) is 9.59 Å². The predicted molar refractivity (Wildman–Crippen MR) is 89.8 cm³/mol. The van der Waals surface area contributed by atoms with E-state index in [1.807, 2.05) is 30.3 Å². The van der Waals surface area contributed by atoms with E-state index >= 15 is 0 Å². The summed E-state index contributed by atoms with van der Waals surface area (Å²) >= 11 is 0. The highest BCUT2D eigenvalue weighted by atomic mass is 16.3. The molecule has 0 amide bonds. The molecule has 0 atom stereocenters. The summed E-state index contributed by atoms with van der Waals surface area (Å²) in [6, 6.07) is 19.6. The van der Waals surface area contributed by atoms with Crippen molar-refractivity contribution in [2.24, 2.45) is 0 Å². The Morgan fingerprint density at radius 3 is 2.35 bits per heavy atom. The molecule has 0 spiro atoms. The first-order chi connectivity index (χ1) is 11.2. The summed E-state index contributed by atoms with van der Waals surface area (Å²) < 4.78 is 7.37. The van der Waals surface area contributed by atoms with Crippen LogP contribution in [0.25, 0.3) is 22.1 Å². The number of para-hydroxylation sites is 1. The summed E-state index contributed by atoms with van der Waals surface area (Å²) in [7, 11) is 0. The number of benzene rings is 2. The molecule has 0 N–H and O–H groups in total. The third-order valence-corrected chi connectivity index (χ3v) is 3.90. The maximum absolute atomic E-state index is 12.6. The molecule has 0 saturated carbocycles. The van der Waals surface area contributed by atoms with Crippen LogP contribution in [-0.4, -0.2) is 4.57 Å². The fourth-order valence-electron chi connectivity index (χ4n) is 2.75. The van der Waals surface area contributed by atoms with Crippen LogP contribution in [0.4, 0.5) is 0 Å². The quantitative estimate of drug-likeness (QED) is 0.534. The Morgan fingerprint density at radius 2 is 1.52 bits per heavy atom. The minimum Gasteiger partial charge on any atom is -0.439 e. The summed E-state index contributed by atoms with van der Waals surface area (Å²) in [4.78, 5) is 24.9. The third kappa shape index (κ3) is 2.25. The zero-order valence-corrected chi connectivity index (χ0v) is 12.2. The number of nitrogens with zero attached hydrogens (tertiary/aromatic N) is 1. The molecule has 0 bridgehead atoms. The van der Waals surface area contributed by atoms with Crippen LogP contribution in [0.3, 0.4) is 0 Å². The van der Waals surface area contributed by atoms with Gasteiger partial charge in [0, 0.05) is 6.07 Å². The molecule has 0 saturated heterocycles. The summed E-state index contributed by atoms with van der Waals surface area (Å²) in [6.07, 6.45) is 0. The van der Waals surface area contributed by atoms with Gasteiger partial charge in [0.15, 0.2) is 0 Å². The molecule has 23 heavy (non-hydrogen) atoms. The van der Waals surface area contributed by atoms with Crippen molar-refractivity contribution in [3.05, 3.63) is 92.9 Å². The SMILES string of the molecule is O=c1c2ccccc2oc2c1ccc(=O)n2Cc1ccccc1. The molecule has 0 aliphatic rings. The molecule has 0 radical (unpaired) electrons. The van der Waals surface area contributed by atoms with E-state index in [1.54, 1.807) is 24.3 Å². The van der Waals surface area contributed by atoms with Gasteiger partial charge in [-0.1, -0.05) is 42.5 Å². The van der Waals surface area contributed by atoms with E-state index in [-0.39, 0.29) is 11.0 Å². The lowest BCUT2D eigenvalue weighted by atomic mass is 10.1. The van der Waals surface area contributed by atoms with E-state index < -0.39 is 0 Å². The molecule has 4 aromatic rings. The summed E-state index contributed by atoms with van der Waals surface area (Å²) in [5, 5.41) is 0.934. The number of pyridine rings is 1. The summed E-state index contributed by atoms with van der Waals surface area (Å²) in [5.74, 6) is 0. The van der Waals surface area contributed by atoms with Gasteiger partial charge in [0.1, 0.15) is 5.58 Å². The van der Waals surface area contributed by atoms with Gasteiger partial charge >= 0.3 is 0 Å². The van der Waals surface area contributed by atoms with E-state index in [0.717, 1.165) is 5.56 Å². The Bertz CT molecular complexity index is 1120. The van der Waals surface area contributed by atoms with Gasteiger partial charge in [-0.2, -0.15) is 0 Å². The number of hydrogen-bond acceptors (Lipinski definition) is 3. The van der Waals surface area contributed by atoms with Gasteiger partial charge in [-0.15, -0.1) is 0 Å². The molecule has 2 heterocycles. The zero-order chi connectivity index (χ0) is 15.8. The lowest BCUT2D eigenvalue weighted by molar-refractivity contribution is 0.597. The highest BCUT2D eigenvalue weighted by Gasteiger charge is 2.12. The fraction of sp³-hybridized carbons (Fsp3) is 0.0526. The fourth-order valence-corrected chi connectivity index (χ4v) is 2.75. The Kier molecular flexibility index (Phi) is 3.08. The van der Waals surface area contributed by atoms with E-state index in [0.29, 0.717) is 28.6 Å². The summed E-state index contributed by atoms with van der Waals surface area (Å²) in [5.41, 5.74) is 1.45. The van der Waals surface area contributed by atoms with Gasteiger partial charge in [-0.25, -0.2) is 0 Å². The Balaban J connectivity index is 2.05. The Labute approximate surface area is 131 Å². The molecule has 0 aliphatic carbocycles. The number of hydrogen-bond donors (Lipinski definition) is 0. The highest BCUT2D eigenvalue weighted by molar-refractivity contribution is 5.88. The van der Waals surface area contributed by atoms with Crippen LogP contribution in [0.2, 0.25) is 0 Å². The maximum atomic E-state index is 12.6. The molecular formula is C19H13NO3. The average molecular weight is 303 g/mol. The van der Waals surface area contributed by atoms with Crippen LogP contribution in [0.1, 0.15) is 5.56 Å². The van der Waals surface area contributed by atoms with E-state index in [4.69, 9.17) is 4.42 Å². The monoisotopic (exact) mass is 303 g/mol. The average Bonchev–Trinajstić information content (AvgIpc) is 2.59. The molecular weight excluding hydrogens is 290 g/mol. The van der Waals surface area contributed by atoms with Gasteiger partial charge in [0.25, 0.3) is 5.56 Å². The van der Waals surface area contributed by atoms with Gasteiger partial charge in [-0.3, -0.25) is 14.2 Å². The molecule has 4 heteroatoms. The molecule has 4 rings (SSSR count). The third-order valence-electron chi connectivity index (χ3n) is 3.90. The van der Waals surface area contributed by atoms with Crippen molar-refractivity contribution < 1.29 is 4.42 Å². The second kappa shape index (κ2) is 5.25. The van der Waals surface area contributed by atoms with Crippen molar-refractivity contribution in [1.82, 2.24) is 4.57 Å². The second-order valence-corrected chi connectivity index (χ2v) is 5.39. The van der Waals surface area contributed by atoms with Crippen LogP contribution < -0.4 is 11.0 Å². The van der Waals surface area contributed by atoms with Crippen LogP contribution in [0.15, 0.2) is 80.7 Å². The van der Waals surface area contributed by atoms with Gasteiger partial charge < -0.3 is 4.42 Å². The molecule has 2 aromatic carbocycles.